The van der Waals surface area contributed by atoms with Crippen LogP contribution in [0.1, 0.15) is 28.5 Å². The highest BCUT2D eigenvalue weighted by molar-refractivity contribution is 7.13. The molecule has 36 heavy (non-hydrogen) atoms. The highest BCUT2D eigenvalue weighted by Gasteiger charge is 2.48. The summed E-state index contributed by atoms with van der Waals surface area (Å²) >= 11 is 1.53. The molecule has 184 valence electrons. The van der Waals surface area contributed by atoms with Gasteiger partial charge in [-0.25, -0.2) is 4.39 Å². The number of amides is 2. The molecular formula is C27H25FN4O3S. The molecule has 4 aromatic rings. The Balaban J connectivity index is 1.46. The number of halogens is 1. The van der Waals surface area contributed by atoms with Gasteiger partial charge < -0.3 is 15.0 Å². The molecule has 1 atom stereocenters. The van der Waals surface area contributed by atoms with Crippen LogP contribution in [0.15, 0.2) is 72.1 Å². The summed E-state index contributed by atoms with van der Waals surface area (Å²) in [5, 5.41) is 9.56. The average molecular weight is 505 g/mol. The Hall–Kier alpha value is -3.98. The van der Waals surface area contributed by atoms with Gasteiger partial charge in [-0.05, 0) is 59.8 Å². The van der Waals surface area contributed by atoms with Crippen LogP contribution in [0.5, 0.6) is 5.75 Å². The fourth-order valence-corrected chi connectivity index (χ4v) is 5.05. The van der Waals surface area contributed by atoms with E-state index < -0.39 is 11.4 Å². The first-order valence-electron chi connectivity index (χ1n) is 11.5. The molecule has 0 radical (unpaired) electrons. The van der Waals surface area contributed by atoms with Crippen LogP contribution in [0.2, 0.25) is 0 Å². The van der Waals surface area contributed by atoms with Gasteiger partial charge in [-0.1, -0.05) is 30.3 Å². The summed E-state index contributed by atoms with van der Waals surface area (Å²) in [6.45, 7) is 2.27. The van der Waals surface area contributed by atoms with Gasteiger partial charge in [0.15, 0.2) is 0 Å². The van der Waals surface area contributed by atoms with Crippen molar-refractivity contribution in [3.05, 3.63) is 94.7 Å². The van der Waals surface area contributed by atoms with Crippen molar-refractivity contribution in [3.8, 4) is 16.3 Å². The van der Waals surface area contributed by atoms with E-state index >= 15 is 0 Å². The number of thiophene rings is 1. The van der Waals surface area contributed by atoms with Crippen LogP contribution in [0, 0.1) is 5.82 Å². The van der Waals surface area contributed by atoms with Crippen molar-refractivity contribution < 1.29 is 18.7 Å². The Morgan fingerprint density at radius 1 is 1.14 bits per heavy atom. The Bertz CT molecular complexity index is 1400. The minimum Gasteiger partial charge on any atom is -0.497 e. The van der Waals surface area contributed by atoms with Crippen LogP contribution < -0.4 is 10.1 Å². The van der Waals surface area contributed by atoms with E-state index in [0.717, 1.165) is 16.2 Å². The number of fused-ring (bicyclic) bond motifs is 1. The quantitative estimate of drug-likeness (QED) is 0.402. The predicted octanol–water partition coefficient (Wildman–Crippen LogP) is 4.49. The zero-order chi connectivity index (χ0) is 25.3. The van der Waals surface area contributed by atoms with E-state index in [1.807, 2.05) is 41.8 Å². The Morgan fingerprint density at radius 3 is 2.64 bits per heavy atom. The van der Waals surface area contributed by atoms with Crippen LogP contribution in [0.25, 0.3) is 10.6 Å². The number of carbonyl (C=O) groups excluding carboxylic acids is 2. The molecule has 0 bridgehead atoms. The van der Waals surface area contributed by atoms with E-state index in [1.54, 1.807) is 36.9 Å². The molecule has 1 aliphatic rings. The van der Waals surface area contributed by atoms with Crippen molar-refractivity contribution in [3.63, 3.8) is 0 Å². The Morgan fingerprint density at radius 2 is 1.94 bits per heavy atom. The minimum atomic E-state index is -1.25. The number of aromatic nitrogens is 2. The van der Waals surface area contributed by atoms with Crippen molar-refractivity contribution in [2.24, 2.45) is 0 Å². The molecule has 9 heteroatoms. The lowest BCUT2D eigenvalue weighted by Crippen LogP contribution is -2.63. The number of nitrogens with one attached hydrogen (secondary N) is 1. The fraction of sp³-hybridized carbons (Fsp3) is 0.222. The van der Waals surface area contributed by atoms with Crippen LogP contribution in [-0.4, -0.2) is 39.1 Å². The second kappa shape index (κ2) is 9.58. The maximum Gasteiger partial charge on any atom is 0.273 e. The number of carbonyl (C=O) groups is 2. The van der Waals surface area contributed by atoms with Crippen molar-refractivity contribution in [2.45, 2.75) is 32.1 Å². The lowest BCUT2D eigenvalue weighted by atomic mass is 9.94. The van der Waals surface area contributed by atoms with Crippen molar-refractivity contribution in [2.75, 3.05) is 7.11 Å². The van der Waals surface area contributed by atoms with Gasteiger partial charge in [0.25, 0.3) is 5.91 Å². The zero-order valence-corrected chi connectivity index (χ0v) is 20.7. The molecule has 0 saturated heterocycles. The minimum absolute atomic E-state index is 0.0859. The molecule has 2 aromatic heterocycles. The van der Waals surface area contributed by atoms with Crippen LogP contribution in [0.3, 0.4) is 0 Å². The van der Waals surface area contributed by atoms with Gasteiger partial charge in [-0.2, -0.15) is 5.10 Å². The monoisotopic (exact) mass is 504 g/mol. The molecule has 2 amide bonds. The third kappa shape index (κ3) is 4.49. The molecule has 2 aromatic carbocycles. The molecule has 0 aliphatic carbocycles. The van der Waals surface area contributed by atoms with Gasteiger partial charge >= 0.3 is 0 Å². The largest absolute Gasteiger partial charge is 0.497 e. The topological polar surface area (TPSA) is 76.5 Å². The second-order valence-electron chi connectivity index (χ2n) is 8.88. The lowest BCUT2D eigenvalue weighted by molar-refractivity contribution is -0.133. The molecule has 0 saturated carbocycles. The highest BCUT2D eigenvalue weighted by atomic mass is 32.1. The molecule has 1 N–H and O–H groups in total. The number of methoxy groups -OCH3 is 1. The first-order chi connectivity index (χ1) is 17.4. The van der Waals surface area contributed by atoms with Gasteiger partial charge in [-0.15, -0.1) is 11.3 Å². The molecule has 0 unspecified atom stereocenters. The number of hydrogen-bond donors (Lipinski definition) is 1. The maximum atomic E-state index is 13.9. The lowest BCUT2D eigenvalue weighted by Gasteiger charge is -2.43. The molecule has 7 nitrogen and oxygen atoms in total. The number of nitrogens with zero attached hydrogens (tertiary/aromatic N) is 3. The summed E-state index contributed by atoms with van der Waals surface area (Å²) in [5.41, 5.74) is 1.33. The van der Waals surface area contributed by atoms with E-state index in [9.17, 15) is 14.0 Å². The van der Waals surface area contributed by atoms with Gasteiger partial charge in [0.1, 0.15) is 28.5 Å². The Kier molecular flexibility index (Phi) is 6.32. The molecule has 5 rings (SSSR count). The average Bonchev–Trinajstić information content (AvgIpc) is 3.56. The third-order valence-corrected chi connectivity index (χ3v) is 7.29. The molecule has 0 fully saturated rings. The summed E-state index contributed by atoms with van der Waals surface area (Å²) in [5.74, 6) is -0.318. The van der Waals surface area contributed by atoms with Gasteiger partial charge in [0.05, 0.1) is 18.5 Å². The zero-order valence-electron chi connectivity index (χ0n) is 19.9. The molecular weight excluding hydrogens is 479 g/mol. The summed E-state index contributed by atoms with van der Waals surface area (Å²) in [4.78, 5) is 29.8. The number of benzene rings is 2. The van der Waals surface area contributed by atoms with Crippen molar-refractivity contribution in [1.29, 1.82) is 0 Å². The van der Waals surface area contributed by atoms with E-state index in [2.05, 4.69) is 10.4 Å². The first-order valence-corrected chi connectivity index (χ1v) is 12.3. The van der Waals surface area contributed by atoms with E-state index in [0.29, 0.717) is 17.0 Å². The first kappa shape index (κ1) is 23.7. The highest BCUT2D eigenvalue weighted by Crippen LogP contribution is 2.32. The maximum absolute atomic E-state index is 13.9. The number of hydrogen-bond acceptors (Lipinski definition) is 5. The summed E-state index contributed by atoms with van der Waals surface area (Å²) < 4.78 is 20.7. The number of rotatable bonds is 7. The van der Waals surface area contributed by atoms with E-state index in [4.69, 9.17) is 4.74 Å². The second-order valence-corrected chi connectivity index (χ2v) is 9.82. The van der Waals surface area contributed by atoms with Crippen LogP contribution in [0.4, 0.5) is 4.39 Å². The standard InChI is InChI=1S/C27H25FN4O3S/c1-27(26(34)29-15-18-8-10-21(35-2)11-9-18)17-32-23(14-22(30-32)24-7-4-12-36-24)25(33)31(27)16-19-5-3-6-20(28)13-19/h3-14H,15-17H2,1-2H3,(H,29,34)/t27-/m0/s1. The molecule has 3 heterocycles. The summed E-state index contributed by atoms with van der Waals surface area (Å²) in [6, 6.07) is 19.1. The van der Waals surface area contributed by atoms with Crippen LogP contribution >= 0.6 is 11.3 Å². The molecule has 0 spiro atoms. The Labute approximate surface area is 212 Å². The SMILES string of the molecule is COc1ccc(CNC(=O)[C@]2(C)Cn3nc(-c4cccs4)cc3C(=O)N2Cc2cccc(F)c2)cc1. The van der Waals surface area contributed by atoms with Crippen LogP contribution in [-0.2, 0) is 24.4 Å². The summed E-state index contributed by atoms with van der Waals surface area (Å²) in [6.07, 6.45) is 0. The normalized spacial score (nSPS) is 17.1. The van der Waals surface area contributed by atoms with Gasteiger partial charge in [0.2, 0.25) is 5.91 Å². The molecule has 1 aliphatic heterocycles. The van der Waals surface area contributed by atoms with Crippen molar-refractivity contribution in [1.82, 2.24) is 20.0 Å². The van der Waals surface area contributed by atoms with Crippen molar-refractivity contribution >= 4 is 23.2 Å². The van der Waals surface area contributed by atoms with Gasteiger partial charge in [-0.3, -0.25) is 14.3 Å². The predicted molar refractivity (Wildman–Crippen MR) is 135 cm³/mol. The van der Waals surface area contributed by atoms with E-state index in [-0.39, 0.29) is 31.4 Å². The van der Waals surface area contributed by atoms with Gasteiger partial charge in [0, 0.05) is 13.1 Å². The van der Waals surface area contributed by atoms with E-state index in [1.165, 1.54) is 28.4 Å². The number of ether oxygens (including phenoxy) is 1. The fourth-order valence-electron chi connectivity index (χ4n) is 4.37. The smallest absolute Gasteiger partial charge is 0.273 e. The summed E-state index contributed by atoms with van der Waals surface area (Å²) in [7, 11) is 1.60. The third-order valence-electron chi connectivity index (χ3n) is 6.40.